The van der Waals surface area contributed by atoms with Crippen molar-refractivity contribution >= 4 is 5.91 Å². The molecule has 1 amide bonds. The maximum Gasteiger partial charge on any atom is 0.257 e. The molecule has 0 aliphatic carbocycles. The highest BCUT2D eigenvalue weighted by Crippen LogP contribution is 2.23. The van der Waals surface area contributed by atoms with Crippen molar-refractivity contribution in [2.24, 2.45) is 11.7 Å². The molecule has 2 rings (SSSR count). The second-order valence-corrected chi connectivity index (χ2v) is 5.11. The first-order chi connectivity index (χ1) is 9.13. The number of para-hydroxylation sites is 1. The van der Waals surface area contributed by atoms with E-state index in [9.17, 15) is 4.79 Å². The molecular formula is C15H22N2O2. The molecule has 1 aromatic carbocycles. The molecule has 4 nitrogen and oxygen atoms in total. The molecule has 0 bridgehead atoms. The standard InChI is InChI=1S/C15H22N2O2/c1-3-19-14-7-5-4-6-12(14)15(18)17-9-8-13(16)11(2)10-17/h4-7,11,13H,3,8-10,16H2,1-2H3. The van der Waals surface area contributed by atoms with Crippen LogP contribution in [0.25, 0.3) is 0 Å². The zero-order chi connectivity index (χ0) is 13.8. The summed E-state index contributed by atoms with van der Waals surface area (Å²) >= 11 is 0. The van der Waals surface area contributed by atoms with E-state index in [0.29, 0.717) is 23.8 Å². The molecule has 2 atom stereocenters. The fourth-order valence-corrected chi connectivity index (χ4v) is 2.44. The predicted octanol–water partition coefficient (Wildman–Crippen LogP) is 1.89. The summed E-state index contributed by atoms with van der Waals surface area (Å²) < 4.78 is 5.52. The normalized spacial score (nSPS) is 23.2. The number of carbonyl (C=O) groups is 1. The van der Waals surface area contributed by atoms with E-state index >= 15 is 0 Å². The second kappa shape index (κ2) is 6.06. The molecule has 1 fully saturated rings. The Balaban J connectivity index is 2.15. The molecule has 2 N–H and O–H groups in total. The summed E-state index contributed by atoms with van der Waals surface area (Å²) in [7, 11) is 0. The minimum atomic E-state index is 0.0443. The van der Waals surface area contributed by atoms with E-state index in [4.69, 9.17) is 10.5 Å². The number of hydrogen-bond donors (Lipinski definition) is 1. The Labute approximate surface area is 114 Å². The number of likely N-dealkylation sites (tertiary alicyclic amines) is 1. The fourth-order valence-electron chi connectivity index (χ4n) is 2.44. The van der Waals surface area contributed by atoms with Gasteiger partial charge in [-0.2, -0.15) is 0 Å². The third kappa shape index (κ3) is 3.07. The Bertz CT molecular complexity index is 448. The minimum absolute atomic E-state index is 0.0443. The average Bonchev–Trinajstić information content (AvgIpc) is 2.42. The monoisotopic (exact) mass is 262 g/mol. The topological polar surface area (TPSA) is 55.6 Å². The second-order valence-electron chi connectivity index (χ2n) is 5.11. The SMILES string of the molecule is CCOc1ccccc1C(=O)N1CCC(N)C(C)C1. The first kappa shape index (κ1) is 13.9. The summed E-state index contributed by atoms with van der Waals surface area (Å²) in [5.41, 5.74) is 6.64. The molecule has 0 saturated carbocycles. The van der Waals surface area contributed by atoms with Gasteiger partial charge in [-0.25, -0.2) is 0 Å². The molecule has 104 valence electrons. The summed E-state index contributed by atoms with van der Waals surface area (Å²) in [6.45, 7) is 6.03. The van der Waals surface area contributed by atoms with Crippen molar-refractivity contribution in [3.8, 4) is 5.75 Å². The number of rotatable bonds is 3. The number of piperidine rings is 1. The first-order valence-corrected chi connectivity index (χ1v) is 6.90. The molecule has 0 spiro atoms. The maximum absolute atomic E-state index is 12.6. The number of nitrogens with two attached hydrogens (primary N) is 1. The van der Waals surface area contributed by atoms with Gasteiger partial charge < -0.3 is 15.4 Å². The zero-order valence-electron chi connectivity index (χ0n) is 11.6. The van der Waals surface area contributed by atoms with Crippen molar-refractivity contribution in [1.82, 2.24) is 4.90 Å². The molecule has 0 radical (unpaired) electrons. The third-order valence-corrected chi connectivity index (χ3v) is 3.68. The van der Waals surface area contributed by atoms with Crippen molar-refractivity contribution in [2.75, 3.05) is 19.7 Å². The van der Waals surface area contributed by atoms with Crippen LogP contribution >= 0.6 is 0 Å². The molecule has 19 heavy (non-hydrogen) atoms. The Hall–Kier alpha value is -1.55. The minimum Gasteiger partial charge on any atom is -0.493 e. The number of nitrogens with zero attached hydrogens (tertiary/aromatic N) is 1. The average molecular weight is 262 g/mol. The largest absolute Gasteiger partial charge is 0.493 e. The Morgan fingerprint density at radius 3 is 2.89 bits per heavy atom. The fraction of sp³-hybridized carbons (Fsp3) is 0.533. The molecule has 4 heteroatoms. The summed E-state index contributed by atoms with van der Waals surface area (Å²) in [6, 6.07) is 7.62. The lowest BCUT2D eigenvalue weighted by molar-refractivity contribution is 0.0660. The summed E-state index contributed by atoms with van der Waals surface area (Å²) in [6.07, 6.45) is 0.865. The maximum atomic E-state index is 12.6. The lowest BCUT2D eigenvalue weighted by Gasteiger charge is -2.35. The smallest absolute Gasteiger partial charge is 0.257 e. The van der Waals surface area contributed by atoms with Crippen LogP contribution in [0.3, 0.4) is 0 Å². The molecule has 1 aromatic rings. The van der Waals surface area contributed by atoms with Gasteiger partial charge in [0.2, 0.25) is 0 Å². The first-order valence-electron chi connectivity index (χ1n) is 6.90. The molecule has 0 aromatic heterocycles. The highest BCUT2D eigenvalue weighted by Gasteiger charge is 2.28. The van der Waals surface area contributed by atoms with Crippen LogP contribution in [0.2, 0.25) is 0 Å². The van der Waals surface area contributed by atoms with Gasteiger partial charge in [-0.15, -0.1) is 0 Å². The molecule has 1 aliphatic heterocycles. The van der Waals surface area contributed by atoms with Crippen LogP contribution in [0.1, 0.15) is 30.6 Å². The van der Waals surface area contributed by atoms with Crippen molar-refractivity contribution in [2.45, 2.75) is 26.3 Å². The van der Waals surface area contributed by atoms with Crippen molar-refractivity contribution < 1.29 is 9.53 Å². The lowest BCUT2D eigenvalue weighted by Crippen LogP contribution is -2.48. The van der Waals surface area contributed by atoms with Gasteiger partial charge in [-0.3, -0.25) is 4.79 Å². The van der Waals surface area contributed by atoms with Crippen molar-refractivity contribution in [1.29, 1.82) is 0 Å². The van der Waals surface area contributed by atoms with E-state index in [2.05, 4.69) is 6.92 Å². The lowest BCUT2D eigenvalue weighted by atomic mass is 9.94. The Morgan fingerprint density at radius 2 is 2.21 bits per heavy atom. The van der Waals surface area contributed by atoms with Gasteiger partial charge in [0, 0.05) is 19.1 Å². The number of amides is 1. The Kier molecular flexibility index (Phi) is 4.43. The molecule has 1 saturated heterocycles. The van der Waals surface area contributed by atoms with Crippen LogP contribution < -0.4 is 10.5 Å². The van der Waals surface area contributed by atoms with Crippen molar-refractivity contribution in [3.63, 3.8) is 0 Å². The van der Waals surface area contributed by atoms with Gasteiger partial charge in [0.25, 0.3) is 5.91 Å². The van der Waals surface area contributed by atoms with Crippen LogP contribution in [0.15, 0.2) is 24.3 Å². The highest BCUT2D eigenvalue weighted by atomic mass is 16.5. The number of carbonyl (C=O) groups excluding carboxylic acids is 1. The number of ether oxygens (including phenoxy) is 1. The van der Waals surface area contributed by atoms with Crippen LogP contribution in [0, 0.1) is 5.92 Å². The summed E-state index contributed by atoms with van der Waals surface area (Å²) in [5, 5.41) is 0. The summed E-state index contributed by atoms with van der Waals surface area (Å²) in [4.78, 5) is 14.4. The molecule has 1 aliphatic rings. The third-order valence-electron chi connectivity index (χ3n) is 3.68. The van der Waals surface area contributed by atoms with Crippen LogP contribution in [0.4, 0.5) is 0 Å². The van der Waals surface area contributed by atoms with Crippen LogP contribution in [0.5, 0.6) is 5.75 Å². The Morgan fingerprint density at radius 1 is 1.47 bits per heavy atom. The van der Waals surface area contributed by atoms with E-state index in [1.807, 2.05) is 36.1 Å². The summed E-state index contributed by atoms with van der Waals surface area (Å²) in [5.74, 6) is 1.05. The van der Waals surface area contributed by atoms with Gasteiger partial charge in [-0.1, -0.05) is 19.1 Å². The molecule has 2 unspecified atom stereocenters. The van der Waals surface area contributed by atoms with Gasteiger partial charge >= 0.3 is 0 Å². The van der Waals surface area contributed by atoms with E-state index < -0.39 is 0 Å². The van der Waals surface area contributed by atoms with Crippen molar-refractivity contribution in [3.05, 3.63) is 29.8 Å². The molecular weight excluding hydrogens is 240 g/mol. The predicted molar refractivity (Wildman–Crippen MR) is 75.3 cm³/mol. The van der Waals surface area contributed by atoms with E-state index in [1.54, 1.807) is 0 Å². The van der Waals surface area contributed by atoms with Crippen LogP contribution in [-0.4, -0.2) is 36.5 Å². The van der Waals surface area contributed by atoms with Gasteiger partial charge in [0.05, 0.1) is 12.2 Å². The van der Waals surface area contributed by atoms with Gasteiger partial charge in [-0.05, 0) is 31.4 Å². The van der Waals surface area contributed by atoms with Gasteiger partial charge in [0.15, 0.2) is 0 Å². The molecule has 1 heterocycles. The van der Waals surface area contributed by atoms with E-state index in [-0.39, 0.29) is 11.9 Å². The van der Waals surface area contributed by atoms with Gasteiger partial charge in [0.1, 0.15) is 5.75 Å². The van der Waals surface area contributed by atoms with E-state index in [1.165, 1.54) is 0 Å². The number of hydrogen-bond acceptors (Lipinski definition) is 3. The van der Waals surface area contributed by atoms with E-state index in [0.717, 1.165) is 19.5 Å². The van der Waals surface area contributed by atoms with Crippen LogP contribution in [-0.2, 0) is 0 Å². The quantitative estimate of drug-likeness (QED) is 0.905. The number of benzene rings is 1. The zero-order valence-corrected chi connectivity index (χ0v) is 11.6. The highest BCUT2D eigenvalue weighted by molar-refractivity contribution is 5.97.